The van der Waals surface area contributed by atoms with Gasteiger partial charge in [0.05, 0.1) is 13.0 Å². The first-order valence-electron chi connectivity index (χ1n) is 4.54. The third-order valence-corrected chi connectivity index (χ3v) is 2.38. The van der Waals surface area contributed by atoms with Gasteiger partial charge in [-0.1, -0.05) is 0 Å². The maximum absolute atomic E-state index is 13.2. The fourth-order valence-electron chi connectivity index (χ4n) is 1.42. The third-order valence-electron chi connectivity index (χ3n) is 2.38. The molecule has 15 heavy (non-hydrogen) atoms. The number of benzene rings is 1. The largest absolute Gasteiger partial charge is 0.494 e. The van der Waals surface area contributed by atoms with Crippen molar-refractivity contribution in [1.29, 1.82) is 0 Å². The molecule has 82 valence electrons. The van der Waals surface area contributed by atoms with Gasteiger partial charge in [-0.15, -0.1) is 0 Å². The fourth-order valence-corrected chi connectivity index (χ4v) is 1.42. The second-order valence-corrected chi connectivity index (χ2v) is 3.40. The molecule has 0 heterocycles. The zero-order chi connectivity index (χ0) is 11.6. The summed E-state index contributed by atoms with van der Waals surface area (Å²) < 4.78 is 18.0. The number of halogens is 1. The first-order chi connectivity index (χ1) is 6.97. The van der Waals surface area contributed by atoms with Gasteiger partial charge >= 0.3 is 5.97 Å². The van der Waals surface area contributed by atoms with Crippen molar-refractivity contribution >= 4 is 5.97 Å². The number of methoxy groups -OCH3 is 1. The molecule has 1 rings (SSSR count). The second-order valence-electron chi connectivity index (χ2n) is 3.40. The zero-order valence-electron chi connectivity index (χ0n) is 8.87. The average molecular weight is 212 g/mol. The summed E-state index contributed by atoms with van der Waals surface area (Å²) in [6.07, 6.45) is 0. The Bertz CT molecular complexity index is 388. The van der Waals surface area contributed by atoms with Crippen LogP contribution in [0.5, 0.6) is 5.75 Å². The maximum Gasteiger partial charge on any atom is 0.310 e. The number of carbonyl (C=O) groups is 1. The Morgan fingerprint density at radius 3 is 2.60 bits per heavy atom. The lowest BCUT2D eigenvalue weighted by Gasteiger charge is -2.12. The predicted molar refractivity (Wildman–Crippen MR) is 53.7 cm³/mol. The Morgan fingerprint density at radius 1 is 1.53 bits per heavy atom. The van der Waals surface area contributed by atoms with Crippen LogP contribution in [0, 0.1) is 12.7 Å². The molecule has 1 aromatic rings. The lowest BCUT2D eigenvalue weighted by Crippen LogP contribution is -2.09. The second kappa shape index (κ2) is 4.29. The van der Waals surface area contributed by atoms with Crippen molar-refractivity contribution in [2.45, 2.75) is 19.8 Å². The van der Waals surface area contributed by atoms with E-state index in [2.05, 4.69) is 0 Å². The van der Waals surface area contributed by atoms with Crippen molar-refractivity contribution in [2.24, 2.45) is 0 Å². The molecule has 1 atom stereocenters. The Labute approximate surface area is 87.5 Å². The van der Waals surface area contributed by atoms with E-state index in [9.17, 15) is 9.18 Å². The molecular weight excluding hydrogens is 199 g/mol. The highest BCUT2D eigenvalue weighted by Gasteiger charge is 2.18. The van der Waals surface area contributed by atoms with Gasteiger partial charge in [0.1, 0.15) is 0 Å². The van der Waals surface area contributed by atoms with E-state index in [4.69, 9.17) is 9.84 Å². The van der Waals surface area contributed by atoms with E-state index in [-0.39, 0.29) is 5.75 Å². The number of carboxylic acid groups (broad SMARTS) is 1. The van der Waals surface area contributed by atoms with Gasteiger partial charge in [0.15, 0.2) is 11.6 Å². The van der Waals surface area contributed by atoms with Crippen LogP contribution in [0.1, 0.15) is 24.0 Å². The van der Waals surface area contributed by atoms with Crippen LogP contribution in [0.25, 0.3) is 0 Å². The van der Waals surface area contributed by atoms with E-state index >= 15 is 0 Å². The van der Waals surface area contributed by atoms with Crippen LogP contribution in [-0.4, -0.2) is 18.2 Å². The van der Waals surface area contributed by atoms with Gasteiger partial charge in [-0.2, -0.15) is 0 Å². The smallest absolute Gasteiger partial charge is 0.310 e. The number of rotatable bonds is 3. The summed E-state index contributed by atoms with van der Waals surface area (Å²) in [4.78, 5) is 10.8. The Kier molecular flexibility index (Phi) is 3.29. The van der Waals surface area contributed by atoms with E-state index in [0.29, 0.717) is 11.1 Å². The van der Waals surface area contributed by atoms with Gasteiger partial charge < -0.3 is 9.84 Å². The molecule has 0 fully saturated rings. The van der Waals surface area contributed by atoms with Gasteiger partial charge in [-0.25, -0.2) is 4.39 Å². The molecule has 0 saturated carbocycles. The molecule has 0 radical (unpaired) electrons. The summed E-state index contributed by atoms with van der Waals surface area (Å²) >= 11 is 0. The molecule has 1 N–H and O–H groups in total. The van der Waals surface area contributed by atoms with Gasteiger partial charge in [-0.3, -0.25) is 4.79 Å². The first-order valence-corrected chi connectivity index (χ1v) is 4.54. The van der Waals surface area contributed by atoms with Gasteiger partial charge in [0.2, 0.25) is 0 Å². The predicted octanol–water partition coefficient (Wildman–Crippen LogP) is 2.33. The molecule has 0 amide bonds. The van der Waals surface area contributed by atoms with Gasteiger partial charge in [0, 0.05) is 0 Å². The number of aliphatic carboxylic acids is 1. The number of carboxylic acids is 1. The standard InChI is InChI=1S/C11H13FO3/c1-6-4-9(12)10(15-3)5-8(6)7(2)11(13)14/h4-5,7H,1-3H3,(H,13,14). The minimum absolute atomic E-state index is 0.0729. The van der Waals surface area contributed by atoms with E-state index in [1.54, 1.807) is 13.8 Å². The van der Waals surface area contributed by atoms with E-state index in [1.165, 1.54) is 19.2 Å². The molecule has 4 heteroatoms. The highest BCUT2D eigenvalue weighted by atomic mass is 19.1. The van der Waals surface area contributed by atoms with Crippen LogP contribution in [0.15, 0.2) is 12.1 Å². The third kappa shape index (κ3) is 2.26. The van der Waals surface area contributed by atoms with Crippen LogP contribution in [0.2, 0.25) is 0 Å². The van der Waals surface area contributed by atoms with Crippen molar-refractivity contribution in [2.75, 3.05) is 7.11 Å². The Morgan fingerprint density at radius 2 is 2.13 bits per heavy atom. The van der Waals surface area contributed by atoms with Crippen LogP contribution in [-0.2, 0) is 4.79 Å². The lowest BCUT2D eigenvalue weighted by molar-refractivity contribution is -0.138. The highest BCUT2D eigenvalue weighted by molar-refractivity contribution is 5.76. The molecule has 0 bridgehead atoms. The topological polar surface area (TPSA) is 46.5 Å². The summed E-state index contributed by atoms with van der Waals surface area (Å²) in [6, 6.07) is 2.72. The minimum Gasteiger partial charge on any atom is -0.494 e. The normalized spacial score (nSPS) is 12.3. The number of hydrogen-bond acceptors (Lipinski definition) is 2. The number of hydrogen-bond donors (Lipinski definition) is 1. The summed E-state index contributed by atoms with van der Waals surface area (Å²) in [5.74, 6) is -2.01. The van der Waals surface area contributed by atoms with Crippen molar-refractivity contribution in [3.8, 4) is 5.75 Å². The molecule has 0 aromatic heterocycles. The van der Waals surface area contributed by atoms with Crippen molar-refractivity contribution in [3.63, 3.8) is 0 Å². The van der Waals surface area contributed by atoms with Crippen LogP contribution < -0.4 is 4.74 Å². The van der Waals surface area contributed by atoms with Crippen LogP contribution in [0.4, 0.5) is 4.39 Å². The molecule has 0 saturated heterocycles. The van der Waals surface area contributed by atoms with Crippen LogP contribution >= 0.6 is 0 Å². The minimum atomic E-state index is -0.938. The monoisotopic (exact) mass is 212 g/mol. The van der Waals surface area contributed by atoms with E-state index in [1.807, 2.05) is 0 Å². The molecular formula is C11H13FO3. The average Bonchev–Trinajstić information content (AvgIpc) is 2.17. The number of aryl methyl sites for hydroxylation is 1. The van der Waals surface area contributed by atoms with E-state index < -0.39 is 17.7 Å². The fraction of sp³-hybridized carbons (Fsp3) is 0.364. The summed E-state index contributed by atoms with van der Waals surface area (Å²) in [5, 5.41) is 8.86. The maximum atomic E-state index is 13.2. The quantitative estimate of drug-likeness (QED) is 0.836. The van der Waals surface area contributed by atoms with Crippen molar-refractivity contribution in [1.82, 2.24) is 0 Å². The van der Waals surface area contributed by atoms with Gasteiger partial charge in [-0.05, 0) is 37.1 Å². The van der Waals surface area contributed by atoms with Crippen molar-refractivity contribution in [3.05, 3.63) is 29.1 Å². The molecule has 0 spiro atoms. The van der Waals surface area contributed by atoms with Crippen molar-refractivity contribution < 1.29 is 19.0 Å². The SMILES string of the molecule is COc1cc(C(C)C(=O)O)c(C)cc1F. The molecule has 3 nitrogen and oxygen atoms in total. The molecule has 1 aromatic carbocycles. The van der Waals surface area contributed by atoms with E-state index in [0.717, 1.165) is 0 Å². The summed E-state index contributed by atoms with van der Waals surface area (Å²) in [5.41, 5.74) is 1.18. The lowest BCUT2D eigenvalue weighted by atomic mass is 9.96. The molecule has 0 aliphatic carbocycles. The first kappa shape index (κ1) is 11.5. The van der Waals surface area contributed by atoms with Crippen LogP contribution in [0.3, 0.4) is 0 Å². The summed E-state index contributed by atoms with van der Waals surface area (Å²) in [7, 11) is 1.35. The van der Waals surface area contributed by atoms with Gasteiger partial charge in [0.25, 0.3) is 0 Å². The Balaban J connectivity index is 3.24. The zero-order valence-corrected chi connectivity index (χ0v) is 8.87. The highest BCUT2D eigenvalue weighted by Crippen LogP contribution is 2.27. The molecule has 0 aliphatic heterocycles. The summed E-state index contributed by atoms with van der Waals surface area (Å²) in [6.45, 7) is 3.24. The molecule has 1 unspecified atom stereocenters. The number of ether oxygens (including phenoxy) is 1. The molecule has 0 aliphatic rings. The Hall–Kier alpha value is -1.58.